The molecule has 1 aromatic carbocycles. The highest BCUT2D eigenvalue weighted by Crippen LogP contribution is 2.16. The van der Waals surface area contributed by atoms with Crippen molar-refractivity contribution in [2.75, 3.05) is 43.8 Å². The van der Waals surface area contributed by atoms with Gasteiger partial charge in [-0.05, 0) is 39.0 Å². The Bertz CT molecular complexity index is 487. The van der Waals surface area contributed by atoms with E-state index < -0.39 is 0 Å². The zero-order valence-electron chi connectivity index (χ0n) is 13.2. The summed E-state index contributed by atoms with van der Waals surface area (Å²) in [5.74, 6) is 0.0183. The molecule has 5 heteroatoms. The van der Waals surface area contributed by atoms with Crippen molar-refractivity contribution in [3.05, 3.63) is 24.3 Å². The van der Waals surface area contributed by atoms with Crippen molar-refractivity contribution in [1.29, 1.82) is 0 Å². The lowest BCUT2D eigenvalue weighted by molar-refractivity contribution is -0.117. The Hall–Kier alpha value is -1.59. The first-order valence-corrected chi connectivity index (χ1v) is 7.47. The summed E-state index contributed by atoms with van der Waals surface area (Å²) in [5.41, 5.74) is 7.33. The number of piperazine rings is 1. The zero-order chi connectivity index (χ0) is 15.5. The minimum Gasteiger partial charge on any atom is -0.399 e. The van der Waals surface area contributed by atoms with Crippen molar-refractivity contribution in [3.63, 3.8) is 0 Å². The normalized spacial score (nSPS) is 17.7. The minimum atomic E-state index is 0.0183. The Morgan fingerprint density at radius 3 is 2.48 bits per heavy atom. The molecule has 0 saturated carbocycles. The molecule has 0 aliphatic carbocycles. The lowest BCUT2D eigenvalue weighted by Crippen LogP contribution is -2.54. The van der Waals surface area contributed by atoms with Crippen molar-refractivity contribution in [2.24, 2.45) is 0 Å². The first kappa shape index (κ1) is 15.8. The van der Waals surface area contributed by atoms with Gasteiger partial charge < -0.3 is 11.1 Å². The molecule has 1 amide bonds. The van der Waals surface area contributed by atoms with Crippen molar-refractivity contribution in [2.45, 2.75) is 26.3 Å². The molecule has 1 aromatic rings. The van der Waals surface area contributed by atoms with Crippen LogP contribution in [0.2, 0.25) is 0 Å². The lowest BCUT2D eigenvalue weighted by atomic mass is 10.1. The number of amides is 1. The molecule has 2 rings (SSSR count). The van der Waals surface area contributed by atoms with Gasteiger partial charge in [0.25, 0.3) is 0 Å². The summed E-state index contributed by atoms with van der Waals surface area (Å²) in [7, 11) is 0. The summed E-state index contributed by atoms with van der Waals surface area (Å²) in [5, 5.41) is 2.90. The van der Waals surface area contributed by atoms with Crippen molar-refractivity contribution >= 4 is 17.3 Å². The summed E-state index contributed by atoms with van der Waals surface area (Å²) < 4.78 is 0. The Balaban J connectivity index is 1.79. The average molecular weight is 290 g/mol. The van der Waals surface area contributed by atoms with E-state index in [9.17, 15) is 4.79 Å². The van der Waals surface area contributed by atoms with Gasteiger partial charge in [0, 0.05) is 43.1 Å². The number of nitrogens with zero attached hydrogens (tertiary/aromatic N) is 2. The lowest BCUT2D eigenvalue weighted by Gasteiger charge is -2.42. The fourth-order valence-corrected chi connectivity index (χ4v) is 2.60. The van der Waals surface area contributed by atoms with E-state index in [1.54, 1.807) is 12.1 Å². The number of nitrogens with one attached hydrogen (secondary N) is 1. The van der Waals surface area contributed by atoms with Crippen LogP contribution in [0.15, 0.2) is 24.3 Å². The number of hydrogen-bond acceptors (Lipinski definition) is 4. The van der Waals surface area contributed by atoms with E-state index in [1.165, 1.54) is 0 Å². The first-order valence-electron chi connectivity index (χ1n) is 7.47. The Kier molecular flexibility index (Phi) is 4.85. The van der Waals surface area contributed by atoms with E-state index in [0.717, 1.165) is 31.9 Å². The molecule has 0 spiro atoms. The van der Waals surface area contributed by atoms with Crippen LogP contribution in [0.1, 0.15) is 20.8 Å². The standard InChI is InChI=1S/C16H26N4O/c1-16(2,3)20-9-7-19(8-10-20)12-15(21)18-14-6-4-5-13(17)11-14/h4-6,11H,7-10,12,17H2,1-3H3,(H,18,21). The fraction of sp³-hybridized carbons (Fsp3) is 0.562. The SMILES string of the molecule is CC(C)(C)N1CCN(CC(=O)Nc2cccc(N)c2)CC1. The Labute approximate surface area is 127 Å². The fourth-order valence-electron chi connectivity index (χ4n) is 2.60. The highest BCUT2D eigenvalue weighted by molar-refractivity contribution is 5.92. The van der Waals surface area contributed by atoms with Crippen molar-refractivity contribution in [1.82, 2.24) is 9.80 Å². The Morgan fingerprint density at radius 1 is 1.24 bits per heavy atom. The second kappa shape index (κ2) is 6.45. The smallest absolute Gasteiger partial charge is 0.238 e. The molecule has 0 aromatic heterocycles. The van der Waals surface area contributed by atoms with E-state index in [4.69, 9.17) is 5.73 Å². The first-order chi connectivity index (χ1) is 9.84. The molecule has 5 nitrogen and oxygen atoms in total. The molecule has 1 saturated heterocycles. The summed E-state index contributed by atoms with van der Waals surface area (Å²) in [6.45, 7) is 11.0. The molecule has 0 radical (unpaired) electrons. The van der Waals surface area contributed by atoms with Crippen LogP contribution in [0, 0.1) is 0 Å². The van der Waals surface area contributed by atoms with Gasteiger partial charge in [0.05, 0.1) is 6.54 Å². The number of carbonyl (C=O) groups is 1. The van der Waals surface area contributed by atoms with Gasteiger partial charge in [0.2, 0.25) is 5.91 Å². The molecular weight excluding hydrogens is 264 g/mol. The van der Waals surface area contributed by atoms with E-state index in [-0.39, 0.29) is 11.4 Å². The molecule has 21 heavy (non-hydrogen) atoms. The van der Waals surface area contributed by atoms with E-state index >= 15 is 0 Å². The molecule has 1 aliphatic heterocycles. The molecule has 116 valence electrons. The predicted molar refractivity (Wildman–Crippen MR) is 87.3 cm³/mol. The van der Waals surface area contributed by atoms with Gasteiger partial charge in [-0.2, -0.15) is 0 Å². The summed E-state index contributed by atoms with van der Waals surface area (Å²) in [6.07, 6.45) is 0. The summed E-state index contributed by atoms with van der Waals surface area (Å²) in [6, 6.07) is 7.27. The van der Waals surface area contributed by atoms with Crippen LogP contribution in [0.4, 0.5) is 11.4 Å². The van der Waals surface area contributed by atoms with Gasteiger partial charge in [-0.1, -0.05) is 6.07 Å². The van der Waals surface area contributed by atoms with Crippen LogP contribution in [0.3, 0.4) is 0 Å². The number of hydrogen-bond donors (Lipinski definition) is 2. The third kappa shape index (κ3) is 4.72. The van der Waals surface area contributed by atoms with E-state index in [2.05, 4.69) is 35.9 Å². The van der Waals surface area contributed by atoms with Crippen LogP contribution in [0.5, 0.6) is 0 Å². The van der Waals surface area contributed by atoms with E-state index in [1.807, 2.05) is 12.1 Å². The highest BCUT2D eigenvalue weighted by Gasteiger charge is 2.26. The highest BCUT2D eigenvalue weighted by atomic mass is 16.2. The molecule has 1 fully saturated rings. The zero-order valence-corrected chi connectivity index (χ0v) is 13.2. The van der Waals surface area contributed by atoms with Gasteiger partial charge in [-0.3, -0.25) is 14.6 Å². The van der Waals surface area contributed by atoms with Crippen molar-refractivity contribution in [3.8, 4) is 0 Å². The van der Waals surface area contributed by atoms with Gasteiger partial charge >= 0.3 is 0 Å². The number of benzene rings is 1. The average Bonchev–Trinajstić information content (AvgIpc) is 2.38. The topological polar surface area (TPSA) is 61.6 Å². The maximum Gasteiger partial charge on any atom is 0.238 e. The molecule has 0 unspecified atom stereocenters. The van der Waals surface area contributed by atoms with Crippen LogP contribution >= 0.6 is 0 Å². The number of carbonyl (C=O) groups excluding carboxylic acids is 1. The summed E-state index contributed by atoms with van der Waals surface area (Å²) >= 11 is 0. The van der Waals surface area contributed by atoms with Gasteiger partial charge in [-0.25, -0.2) is 0 Å². The minimum absolute atomic E-state index is 0.0183. The number of nitrogens with two attached hydrogens (primary N) is 1. The number of nitrogen functional groups attached to an aromatic ring is 1. The third-order valence-electron chi connectivity index (χ3n) is 3.86. The van der Waals surface area contributed by atoms with Gasteiger partial charge in [0.15, 0.2) is 0 Å². The number of rotatable bonds is 3. The molecule has 1 aliphatic rings. The van der Waals surface area contributed by atoms with Crippen LogP contribution in [-0.2, 0) is 4.79 Å². The molecule has 0 bridgehead atoms. The van der Waals surface area contributed by atoms with Crippen LogP contribution in [-0.4, -0.2) is 54.0 Å². The Morgan fingerprint density at radius 2 is 1.90 bits per heavy atom. The van der Waals surface area contributed by atoms with Crippen LogP contribution in [0.25, 0.3) is 0 Å². The second-order valence-electron chi connectivity index (χ2n) is 6.61. The molecule has 0 atom stereocenters. The van der Waals surface area contributed by atoms with E-state index in [0.29, 0.717) is 12.2 Å². The maximum atomic E-state index is 12.1. The monoisotopic (exact) mass is 290 g/mol. The largest absolute Gasteiger partial charge is 0.399 e. The summed E-state index contributed by atoms with van der Waals surface area (Å²) in [4.78, 5) is 16.7. The maximum absolute atomic E-state index is 12.1. The van der Waals surface area contributed by atoms with Crippen LogP contribution < -0.4 is 11.1 Å². The quantitative estimate of drug-likeness (QED) is 0.831. The van der Waals surface area contributed by atoms with Gasteiger partial charge in [-0.15, -0.1) is 0 Å². The second-order valence-corrected chi connectivity index (χ2v) is 6.61. The number of anilines is 2. The predicted octanol–water partition coefficient (Wildman–Crippen LogP) is 1.62. The van der Waals surface area contributed by atoms with Gasteiger partial charge in [0.1, 0.15) is 0 Å². The molecule has 1 heterocycles. The van der Waals surface area contributed by atoms with Crippen molar-refractivity contribution < 1.29 is 4.79 Å². The third-order valence-corrected chi connectivity index (χ3v) is 3.86. The molecular formula is C16H26N4O. The molecule has 3 N–H and O–H groups in total.